The third kappa shape index (κ3) is 1.44. The molecular formula is C14H21NO3. The molecular weight excluding hydrogens is 230 g/mol. The van der Waals surface area contributed by atoms with Crippen LogP contribution in [0.15, 0.2) is 0 Å². The quantitative estimate of drug-likeness (QED) is 0.617. The molecule has 6 atom stereocenters. The van der Waals surface area contributed by atoms with E-state index in [1.807, 2.05) is 25.7 Å². The summed E-state index contributed by atoms with van der Waals surface area (Å²) >= 11 is 0. The van der Waals surface area contributed by atoms with Crippen LogP contribution in [0.25, 0.3) is 0 Å². The van der Waals surface area contributed by atoms with Crippen LogP contribution in [0.3, 0.4) is 0 Å². The number of epoxide rings is 1. The van der Waals surface area contributed by atoms with Crippen molar-refractivity contribution in [2.45, 2.75) is 45.0 Å². The zero-order valence-electron chi connectivity index (χ0n) is 11.3. The maximum absolute atomic E-state index is 12.1. The van der Waals surface area contributed by atoms with Gasteiger partial charge in [0.25, 0.3) is 0 Å². The number of hydrogen-bond acceptors (Lipinski definition) is 3. The monoisotopic (exact) mass is 251 g/mol. The van der Waals surface area contributed by atoms with Crippen molar-refractivity contribution in [3.63, 3.8) is 0 Å². The van der Waals surface area contributed by atoms with Gasteiger partial charge >= 0.3 is 6.09 Å². The van der Waals surface area contributed by atoms with Gasteiger partial charge in [-0.15, -0.1) is 0 Å². The average molecular weight is 251 g/mol. The van der Waals surface area contributed by atoms with Crippen LogP contribution in [0, 0.1) is 23.7 Å². The average Bonchev–Trinajstić information content (AvgIpc) is 2.68. The summed E-state index contributed by atoms with van der Waals surface area (Å²) in [6.07, 6.45) is 2.28. The van der Waals surface area contributed by atoms with Gasteiger partial charge in [-0.2, -0.15) is 0 Å². The Hall–Kier alpha value is -0.770. The lowest BCUT2D eigenvalue weighted by Crippen LogP contribution is -2.36. The van der Waals surface area contributed by atoms with Gasteiger partial charge in [-0.1, -0.05) is 0 Å². The van der Waals surface area contributed by atoms with Gasteiger partial charge in [0.15, 0.2) is 0 Å². The summed E-state index contributed by atoms with van der Waals surface area (Å²) in [4.78, 5) is 14.0. The second-order valence-electron chi connectivity index (χ2n) is 7.34. The standard InChI is InChI=1S/C14H21NO3/c1-14(2,3)18-13(16)15-5-9-7-4-8(10(9)6-15)12-11(7)17-12/h7-12H,4-6H2,1-3H3. The second-order valence-corrected chi connectivity index (χ2v) is 7.34. The number of rotatable bonds is 0. The van der Waals surface area contributed by atoms with E-state index in [9.17, 15) is 4.79 Å². The van der Waals surface area contributed by atoms with Crippen molar-refractivity contribution in [1.29, 1.82) is 0 Å². The lowest BCUT2D eigenvalue weighted by atomic mass is 9.82. The fraction of sp³-hybridized carbons (Fsp3) is 0.929. The Kier molecular flexibility index (Phi) is 1.98. The Bertz CT molecular complexity index is 380. The Labute approximate surface area is 108 Å². The van der Waals surface area contributed by atoms with Crippen LogP contribution < -0.4 is 0 Å². The number of likely N-dealkylation sites (tertiary alicyclic amines) is 1. The second kappa shape index (κ2) is 3.21. The first-order valence-corrected chi connectivity index (χ1v) is 7.07. The van der Waals surface area contributed by atoms with E-state index in [0.717, 1.165) is 24.9 Å². The first kappa shape index (κ1) is 11.1. The molecule has 2 heterocycles. The van der Waals surface area contributed by atoms with Crippen molar-refractivity contribution >= 4 is 6.09 Å². The van der Waals surface area contributed by atoms with Gasteiger partial charge in [0.05, 0.1) is 12.2 Å². The summed E-state index contributed by atoms with van der Waals surface area (Å²) < 4.78 is 11.2. The van der Waals surface area contributed by atoms with E-state index in [-0.39, 0.29) is 11.7 Å². The molecule has 2 bridgehead atoms. The van der Waals surface area contributed by atoms with Crippen molar-refractivity contribution in [2.75, 3.05) is 13.1 Å². The number of fused-ring (bicyclic) bond motifs is 8. The molecule has 1 amide bonds. The molecule has 4 rings (SSSR count). The zero-order valence-corrected chi connectivity index (χ0v) is 11.3. The van der Waals surface area contributed by atoms with E-state index < -0.39 is 0 Å². The Morgan fingerprint density at radius 1 is 1.11 bits per heavy atom. The summed E-state index contributed by atoms with van der Waals surface area (Å²) in [5, 5.41) is 0. The molecule has 2 saturated carbocycles. The Morgan fingerprint density at radius 3 is 2.17 bits per heavy atom. The molecule has 0 aromatic heterocycles. The fourth-order valence-electron chi connectivity index (χ4n) is 4.48. The van der Waals surface area contributed by atoms with Crippen molar-refractivity contribution in [3.8, 4) is 0 Å². The van der Waals surface area contributed by atoms with Crippen molar-refractivity contribution < 1.29 is 14.3 Å². The van der Waals surface area contributed by atoms with Crippen LogP contribution in [0.2, 0.25) is 0 Å². The van der Waals surface area contributed by atoms with Crippen LogP contribution in [0.1, 0.15) is 27.2 Å². The minimum Gasteiger partial charge on any atom is -0.444 e. The predicted molar refractivity (Wildman–Crippen MR) is 65.0 cm³/mol. The SMILES string of the molecule is CC(C)(C)OC(=O)N1CC2C(C1)C1CC2C2OC12. The van der Waals surface area contributed by atoms with Gasteiger partial charge in [0, 0.05) is 13.1 Å². The topological polar surface area (TPSA) is 42.1 Å². The van der Waals surface area contributed by atoms with Gasteiger partial charge in [-0.3, -0.25) is 0 Å². The van der Waals surface area contributed by atoms with Crippen molar-refractivity contribution in [2.24, 2.45) is 23.7 Å². The first-order valence-electron chi connectivity index (χ1n) is 7.07. The highest BCUT2D eigenvalue weighted by Crippen LogP contribution is 2.63. The highest BCUT2D eigenvalue weighted by atomic mass is 16.6. The van der Waals surface area contributed by atoms with E-state index in [2.05, 4.69) is 0 Å². The normalized spacial score (nSPS) is 48.1. The lowest BCUT2D eigenvalue weighted by molar-refractivity contribution is 0.0268. The molecule has 2 saturated heterocycles. The largest absolute Gasteiger partial charge is 0.444 e. The molecule has 6 unspecified atom stereocenters. The molecule has 2 aliphatic carbocycles. The van der Waals surface area contributed by atoms with Crippen LogP contribution >= 0.6 is 0 Å². The summed E-state index contributed by atoms with van der Waals surface area (Å²) in [5.74, 6) is 2.78. The van der Waals surface area contributed by atoms with Gasteiger partial charge in [0.1, 0.15) is 5.60 Å². The molecule has 2 aliphatic heterocycles. The van der Waals surface area contributed by atoms with Gasteiger partial charge < -0.3 is 14.4 Å². The number of carbonyl (C=O) groups is 1. The summed E-state index contributed by atoms with van der Waals surface area (Å²) in [5.41, 5.74) is -0.390. The number of carbonyl (C=O) groups excluding carboxylic acids is 1. The molecule has 0 aromatic carbocycles. The van der Waals surface area contributed by atoms with Crippen LogP contribution in [-0.4, -0.2) is 41.9 Å². The maximum Gasteiger partial charge on any atom is 0.410 e. The van der Waals surface area contributed by atoms with Crippen molar-refractivity contribution in [3.05, 3.63) is 0 Å². The molecule has 18 heavy (non-hydrogen) atoms. The Morgan fingerprint density at radius 2 is 1.67 bits per heavy atom. The highest BCUT2D eigenvalue weighted by molar-refractivity contribution is 5.68. The molecule has 0 radical (unpaired) electrons. The first-order chi connectivity index (χ1) is 8.44. The van der Waals surface area contributed by atoms with E-state index in [0.29, 0.717) is 24.0 Å². The van der Waals surface area contributed by atoms with Crippen LogP contribution in [-0.2, 0) is 9.47 Å². The third-order valence-electron chi connectivity index (χ3n) is 5.11. The number of ether oxygens (including phenoxy) is 2. The van der Waals surface area contributed by atoms with Gasteiger partial charge in [-0.05, 0) is 50.9 Å². The number of hydrogen-bond donors (Lipinski definition) is 0. The van der Waals surface area contributed by atoms with E-state index >= 15 is 0 Å². The Balaban J connectivity index is 1.45. The molecule has 0 aromatic rings. The third-order valence-corrected chi connectivity index (χ3v) is 5.11. The number of amides is 1. The highest BCUT2D eigenvalue weighted by Gasteiger charge is 2.69. The van der Waals surface area contributed by atoms with E-state index in [4.69, 9.17) is 9.47 Å². The summed E-state index contributed by atoms with van der Waals surface area (Å²) in [7, 11) is 0. The zero-order chi connectivity index (χ0) is 12.7. The van der Waals surface area contributed by atoms with Gasteiger partial charge in [0.2, 0.25) is 0 Å². The molecule has 4 heteroatoms. The molecule has 0 N–H and O–H groups in total. The summed E-state index contributed by atoms with van der Waals surface area (Å²) in [6.45, 7) is 7.54. The lowest BCUT2D eigenvalue weighted by Gasteiger charge is -2.25. The minimum absolute atomic E-state index is 0.133. The minimum atomic E-state index is -0.390. The van der Waals surface area contributed by atoms with Crippen molar-refractivity contribution in [1.82, 2.24) is 4.90 Å². The molecule has 0 spiro atoms. The predicted octanol–water partition coefficient (Wildman–Crippen LogP) is 1.89. The molecule has 4 nitrogen and oxygen atoms in total. The van der Waals surface area contributed by atoms with Gasteiger partial charge in [-0.25, -0.2) is 4.79 Å². The van der Waals surface area contributed by atoms with Crippen LogP contribution in [0.4, 0.5) is 4.79 Å². The van der Waals surface area contributed by atoms with E-state index in [1.165, 1.54) is 6.42 Å². The summed E-state index contributed by atoms with van der Waals surface area (Å²) in [6, 6.07) is 0. The fourth-order valence-corrected chi connectivity index (χ4v) is 4.48. The molecule has 4 aliphatic rings. The smallest absolute Gasteiger partial charge is 0.410 e. The maximum atomic E-state index is 12.1. The van der Waals surface area contributed by atoms with Crippen LogP contribution in [0.5, 0.6) is 0 Å². The molecule has 100 valence electrons. The van der Waals surface area contributed by atoms with E-state index in [1.54, 1.807) is 0 Å². The number of nitrogens with zero attached hydrogens (tertiary/aromatic N) is 1. The molecule has 4 fully saturated rings.